The number of aliphatic hydroxyl groups is 1. The maximum atomic E-state index is 9.21. The molecule has 2 saturated heterocycles. The van der Waals surface area contributed by atoms with Crippen molar-refractivity contribution < 1.29 is 9.84 Å². The predicted octanol–water partition coefficient (Wildman–Crippen LogP) is -0.0269. The van der Waals surface area contributed by atoms with Gasteiger partial charge in [-0.15, -0.1) is 0 Å². The lowest BCUT2D eigenvalue weighted by molar-refractivity contribution is -0.0529. The minimum absolute atomic E-state index is 0.0644. The van der Waals surface area contributed by atoms with Crippen LogP contribution >= 0.6 is 0 Å². The van der Waals surface area contributed by atoms with Gasteiger partial charge < -0.3 is 19.7 Å². The smallest absolute Gasteiger partial charge is 0.160 e. The van der Waals surface area contributed by atoms with Gasteiger partial charge in [-0.25, -0.2) is 9.97 Å². The van der Waals surface area contributed by atoms with Crippen LogP contribution in [0.2, 0.25) is 0 Å². The van der Waals surface area contributed by atoms with Crippen molar-refractivity contribution in [1.82, 2.24) is 19.9 Å². The first-order valence-electron chi connectivity index (χ1n) is 8.65. The highest BCUT2D eigenvalue weighted by atomic mass is 16.5. The summed E-state index contributed by atoms with van der Waals surface area (Å²) in [4.78, 5) is 16.2. The van der Waals surface area contributed by atoms with E-state index in [-0.39, 0.29) is 30.0 Å². The molecule has 2 aliphatic rings. The van der Waals surface area contributed by atoms with Crippen molar-refractivity contribution in [2.24, 2.45) is 0 Å². The zero-order valence-corrected chi connectivity index (χ0v) is 14.2. The summed E-state index contributed by atoms with van der Waals surface area (Å²) in [6.07, 6.45) is 2.72. The molecule has 0 aliphatic carbocycles. The van der Waals surface area contributed by atoms with Crippen LogP contribution in [-0.4, -0.2) is 76.5 Å². The van der Waals surface area contributed by atoms with Gasteiger partial charge >= 0.3 is 0 Å². The number of anilines is 1. The number of β-amino-alcohol motifs (C(OH)–C–C–N with tert-alkyl or cyclic N) is 1. The second-order valence-electron chi connectivity index (χ2n) is 6.51. The van der Waals surface area contributed by atoms with Crippen LogP contribution in [0.25, 0.3) is 11.2 Å². The Bertz CT molecular complexity index is 895. The Morgan fingerprint density at radius 2 is 2.23 bits per heavy atom. The molecule has 9 nitrogen and oxygen atoms in total. The van der Waals surface area contributed by atoms with E-state index in [4.69, 9.17) is 15.1 Å². The average molecular weight is 353 g/mol. The molecule has 9 heteroatoms. The first kappa shape index (κ1) is 16.7. The Balaban J connectivity index is 1.56. The number of H-pyrrole nitrogens is 1. The number of aliphatic hydroxyl groups excluding tert-OH is 1. The van der Waals surface area contributed by atoms with Crippen molar-refractivity contribution >= 4 is 17.0 Å². The summed E-state index contributed by atoms with van der Waals surface area (Å²) >= 11 is 0. The number of aromatic amines is 1. The van der Waals surface area contributed by atoms with E-state index in [0.717, 1.165) is 26.1 Å². The molecule has 2 fully saturated rings. The van der Waals surface area contributed by atoms with Crippen LogP contribution in [0, 0.1) is 22.7 Å². The van der Waals surface area contributed by atoms with Crippen LogP contribution in [0.15, 0.2) is 6.20 Å². The van der Waals surface area contributed by atoms with Crippen LogP contribution in [-0.2, 0) is 4.74 Å². The number of morpholine rings is 1. The van der Waals surface area contributed by atoms with Crippen molar-refractivity contribution in [3.63, 3.8) is 0 Å². The lowest BCUT2D eigenvalue weighted by Gasteiger charge is -2.48. The third kappa shape index (κ3) is 2.76. The fourth-order valence-electron chi connectivity index (χ4n) is 3.67. The highest BCUT2D eigenvalue weighted by Gasteiger charge is 2.39. The van der Waals surface area contributed by atoms with Gasteiger partial charge in [0.1, 0.15) is 34.7 Å². The lowest BCUT2D eigenvalue weighted by Crippen LogP contribution is -2.60. The Morgan fingerprint density at radius 3 is 2.92 bits per heavy atom. The molecule has 0 spiro atoms. The number of hydrogen-bond acceptors (Lipinski definition) is 8. The van der Waals surface area contributed by atoms with Crippen molar-refractivity contribution in [3.8, 4) is 12.1 Å². The Morgan fingerprint density at radius 1 is 1.35 bits per heavy atom. The summed E-state index contributed by atoms with van der Waals surface area (Å²) in [5.74, 6) is 0.715. The molecule has 26 heavy (non-hydrogen) atoms. The maximum absolute atomic E-state index is 9.21. The molecule has 2 aromatic heterocycles. The van der Waals surface area contributed by atoms with Crippen molar-refractivity contribution in [2.45, 2.75) is 18.6 Å². The number of nitriles is 2. The molecule has 2 aliphatic heterocycles. The van der Waals surface area contributed by atoms with Gasteiger partial charge in [-0.3, -0.25) is 4.90 Å². The van der Waals surface area contributed by atoms with Crippen molar-refractivity contribution in [1.29, 1.82) is 10.5 Å². The molecule has 2 aromatic rings. The predicted molar refractivity (Wildman–Crippen MR) is 92.3 cm³/mol. The van der Waals surface area contributed by atoms with E-state index >= 15 is 0 Å². The van der Waals surface area contributed by atoms with E-state index in [1.165, 1.54) is 0 Å². The number of hydrogen-bond donors (Lipinski definition) is 2. The molecule has 0 amide bonds. The normalized spacial score (nSPS) is 23.4. The molecule has 0 aromatic carbocycles. The quantitative estimate of drug-likeness (QED) is 0.785. The second-order valence-corrected chi connectivity index (χ2v) is 6.51. The van der Waals surface area contributed by atoms with Crippen LogP contribution in [0.4, 0.5) is 5.82 Å². The molecule has 4 heterocycles. The molecule has 0 saturated carbocycles. The maximum Gasteiger partial charge on any atom is 0.160 e. The first-order valence-corrected chi connectivity index (χ1v) is 8.65. The van der Waals surface area contributed by atoms with Crippen LogP contribution in [0.3, 0.4) is 0 Å². The summed E-state index contributed by atoms with van der Waals surface area (Å²) in [7, 11) is 0. The fourth-order valence-corrected chi connectivity index (χ4v) is 3.67. The standard InChI is InChI=1S/C17H19N7O2/c18-7-11-12(8-19)21-17-16(11)20-9-15(22-17)24-2-1-13(24)14-10-23(3-5-25)4-6-26-14/h9,13-14,25H,1-6,10H2,(H,21,22)/t13?,14-/m1/s1. The van der Waals surface area contributed by atoms with E-state index in [2.05, 4.69) is 24.8 Å². The van der Waals surface area contributed by atoms with E-state index in [9.17, 15) is 5.26 Å². The third-order valence-corrected chi connectivity index (χ3v) is 5.10. The van der Waals surface area contributed by atoms with Crippen LogP contribution in [0.1, 0.15) is 17.7 Å². The van der Waals surface area contributed by atoms with Gasteiger partial charge in [-0.1, -0.05) is 0 Å². The van der Waals surface area contributed by atoms with Gasteiger partial charge in [0.15, 0.2) is 5.65 Å². The van der Waals surface area contributed by atoms with Gasteiger partial charge in [0.05, 0.1) is 31.6 Å². The Hall–Kier alpha value is -2.72. The number of rotatable bonds is 4. The molecular formula is C17H19N7O2. The number of fused-ring (bicyclic) bond motifs is 1. The number of nitrogens with zero attached hydrogens (tertiary/aromatic N) is 6. The monoisotopic (exact) mass is 353 g/mol. The Kier molecular flexibility index (Phi) is 4.43. The second kappa shape index (κ2) is 6.89. The van der Waals surface area contributed by atoms with Gasteiger partial charge in [-0.05, 0) is 6.42 Å². The molecule has 134 valence electrons. The summed E-state index contributed by atoms with van der Waals surface area (Å²) in [6, 6.07) is 4.19. The lowest BCUT2D eigenvalue weighted by atomic mass is 9.96. The SMILES string of the molecule is N#Cc1[nH]c2nc(N3CCC3[C@H]3CN(CCO)CCO3)cnc2c1C#N. The highest BCUT2D eigenvalue weighted by molar-refractivity contribution is 5.82. The molecule has 2 atom stereocenters. The van der Waals surface area contributed by atoms with E-state index in [1.807, 2.05) is 12.1 Å². The molecule has 0 radical (unpaired) electrons. The van der Waals surface area contributed by atoms with E-state index in [1.54, 1.807) is 6.20 Å². The van der Waals surface area contributed by atoms with Gasteiger partial charge in [0.2, 0.25) is 0 Å². The van der Waals surface area contributed by atoms with Crippen LogP contribution in [0.5, 0.6) is 0 Å². The summed E-state index contributed by atoms with van der Waals surface area (Å²) in [5.41, 5.74) is 1.30. The highest BCUT2D eigenvalue weighted by Crippen LogP contribution is 2.30. The van der Waals surface area contributed by atoms with E-state index in [0.29, 0.717) is 30.1 Å². The van der Waals surface area contributed by atoms with Gasteiger partial charge in [0, 0.05) is 26.2 Å². The van der Waals surface area contributed by atoms with Crippen molar-refractivity contribution in [2.75, 3.05) is 44.3 Å². The Labute approximate surface area is 150 Å². The summed E-state index contributed by atoms with van der Waals surface area (Å²) < 4.78 is 5.95. The number of nitrogens with one attached hydrogen (secondary N) is 1. The van der Waals surface area contributed by atoms with Crippen molar-refractivity contribution in [3.05, 3.63) is 17.5 Å². The van der Waals surface area contributed by atoms with Crippen LogP contribution < -0.4 is 4.90 Å². The topological polar surface area (TPSA) is 125 Å². The number of aromatic nitrogens is 3. The summed E-state index contributed by atoms with van der Waals surface area (Å²) in [5, 5.41) is 27.5. The largest absolute Gasteiger partial charge is 0.395 e. The molecule has 4 rings (SSSR count). The molecule has 2 N–H and O–H groups in total. The zero-order valence-electron chi connectivity index (χ0n) is 14.2. The molecule has 1 unspecified atom stereocenters. The first-order chi connectivity index (χ1) is 12.7. The van der Waals surface area contributed by atoms with E-state index < -0.39 is 0 Å². The zero-order chi connectivity index (χ0) is 18.1. The molecule has 0 bridgehead atoms. The van der Waals surface area contributed by atoms with Gasteiger partial charge in [-0.2, -0.15) is 10.5 Å². The number of ether oxygens (including phenoxy) is 1. The fraction of sp³-hybridized carbons (Fsp3) is 0.529. The minimum Gasteiger partial charge on any atom is -0.395 e. The average Bonchev–Trinajstić information content (AvgIpc) is 2.98. The third-order valence-electron chi connectivity index (χ3n) is 5.10. The summed E-state index contributed by atoms with van der Waals surface area (Å²) in [6.45, 7) is 3.96. The minimum atomic E-state index is 0.0644. The molecular weight excluding hydrogens is 334 g/mol. The van der Waals surface area contributed by atoms with Gasteiger partial charge in [0.25, 0.3) is 0 Å².